The number of halogens is 3. The van der Waals surface area contributed by atoms with Crippen molar-refractivity contribution < 1.29 is 19.1 Å². The highest BCUT2D eigenvalue weighted by molar-refractivity contribution is 6.31. The largest absolute Gasteiger partial charge is 0.425 e. The van der Waals surface area contributed by atoms with Crippen LogP contribution in [0.4, 0.5) is 5.69 Å². The van der Waals surface area contributed by atoms with Gasteiger partial charge in [0.15, 0.2) is 0 Å². The third-order valence-electron chi connectivity index (χ3n) is 5.94. The molecule has 3 aromatic rings. The van der Waals surface area contributed by atoms with Crippen molar-refractivity contribution in [2.75, 3.05) is 4.90 Å². The summed E-state index contributed by atoms with van der Waals surface area (Å²) in [6.45, 7) is 0. The van der Waals surface area contributed by atoms with E-state index in [9.17, 15) is 14.4 Å². The lowest BCUT2D eigenvalue weighted by Gasteiger charge is -2.31. The van der Waals surface area contributed by atoms with E-state index in [0.29, 0.717) is 37.6 Å². The summed E-state index contributed by atoms with van der Waals surface area (Å²) in [6.07, 6.45) is -0.175. The van der Waals surface area contributed by atoms with Crippen LogP contribution in [-0.4, -0.2) is 17.8 Å². The Morgan fingerprint density at radius 1 is 0.812 bits per heavy atom. The smallest absolute Gasteiger partial charge is 0.327 e. The first-order valence-electron chi connectivity index (χ1n) is 9.73. The van der Waals surface area contributed by atoms with E-state index in [1.54, 1.807) is 66.7 Å². The van der Waals surface area contributed by atoms with Crippen molar-refractivity contribution in [2.24, 2.45) is 5.92 Å². The Morgan fingerprint density at radius 2 is 1.41 bits per heavy atom. The monoisotopic (exact) mass is 485 g/mol. The number of carbonyl (C=O) groups excluding carboxylic acids is 3. The molecule has 2 heterocycles. The number of amides is 2. The fourth-order valence-corrected chi connectivity index (χ4v) is 4.96. The van der Waals surface area contributed by atoms with E-state index >= 15 is 0 Å². The topological polar surface area (TPSA) is 63.7 Å². The van der Waals surface area contributed by atoms with Crippen LogP contribution in [0, 0.1) is 5.92 Å². The average molecular weight is 487 g/mol. The molecule has 1 saturated heterocycles. The van der Waals surface area contributed by atoms with Gasteiger partial charge in [-0.1, -0.05) is 46.9 Å². The molecule has 8 heteroatoms. The Labute approximate surface area is 198 Å². The van der Waals surface area contributed by atoms with Crippen molar-refractivity contribution in [2.45, 2.75) is 11.8 Å². The number of imide groups is 1. The zero-order chi connectivity index (χ0) is 22.6. The van der Waals surface area contributed by atoms with Gasteiger partial charge in [0.25, 0.3) is 0 Å². The van der Waals surface area contributed by atoms with Gasteiger partial charge in [-0.05, 0) is 60.2 Å². The highest BCUT2D eigenvalue weighted by Gasteiger charge is 2.62. The fourth-order valence-electron chi connectivity index (χ4n) is 4.54. The van der Waals surface area contributed by atoms with Gasteiger partial charge in [-0.2, -0.15) is 0 Å². The number of hydrogen-bond acceptors (Lipinski definition) is 4. The molecule has 1 fully saturated rings. The summed E-state index contributed by atoms with van der Waals surface area (Å²) in [7, 11) is 0. The molecule has 0 unspecified atom stereocenters. The van der Waals surface area contributed by atoms with E-state index in [0.717, 1.165) is 4.90 Å². The predicted octanol–water partition coefficient (Wildman–Crippen LogP) is 5.43. The number of rotatable bonds is 3. The first-order valence-corrected chi connectivity index (χ1v) is 10.9. The fraction of sp³-hybridized carbons (Fsp3) is 0.125. The molecule has 0 radical (unpaired) electrons. The van der Waals surface area contributed by atoms with Gasteiger partial charge in [0.2, 0.25) is 11.8 Å². The van der Waals surface area contributed by atoms with Crippen LogP contribution in [0.3, 0.4) is 0 Å². The molecule has 2 aliphatic heterocycles. The minimum atomic E-state index is -1.54. The summed E-state index contributed by atoms with van der Waals surface area (Å²) < 4.78 is 5.59. The lowest BCUT2D eigenvalue weighted by atomic mass is 9.66. The third kappa shape index (κ3) is 3.04. The minimum Gasteiger partial charge on any atom is -0.425 e. The number of esters is 1. The van der Waals surface area contributed by atoms with Gasteiger partial charge in [-0.15, -0.1) is 0 Å². The van der Waals surface area contributed by atoms with Crippen LogP contribution in [0.15, 0.2) is 66.7 Å². The molecule has 2 amide bonds. The lowest BCUT2D eigenvalue weighted by molar-refractivity contribution is -0.141. The van der Waals surface area contributed by atoms with Crippen molar-refractivity contribution in [3.8, 4) is 5.75 Å². The summed E-state index contributed by atoms with van der Waals surface area (Å²) in [5, 5.41) is 1.33. The molecule has 0 spiro atoms. The van der Waals surface area contributed by atoms with Crippen LogP contribution in [0.2, 0.25) is 15.1 Å². The predicted molar refractivity (Wildman–Crippen MR) is 121 cm³/mol. The first kappa shape index (κ1) is 21.0. The number of hydrogen-bond donors (Lipinski definition) is 0. The van der Waals surface area contributed by atoms with Gasteiger partial charge in [0, 0.05) is 27.1 Å². The van der Waals surface area contributed by atoms with Crippen LogP contribution < -0.4 is 9.64 Å². The second-order valence-electron chi connectivity index (χ2n) is 7.65. The first-order chi connectivity index (χ1) is 15.3. The summed E-state index contributed by atoms with van der Waals surface area (Å²) in [5.41, 5.74) is -0.215. The molecular formula is C24H14Cl3NO4. The number of fused-ring (bicyclic) bond motifs is 1. The van der Waals surface area contributed by atoms with Gasteiger partial charge in [0.05, 0.1) is 11.6 Å². The van der Waals surface area contributed by atoms with E-state index < -0.39 is 29.1 Å². The molecular weight excluding hydrogens is 473 g/mol. The SMILES string of the molecule is O=C1C[C@@H]([C@@]2(c3ccc(Cl)cc3)C(=O)Oc3ccc(Cl)cc32)C(=O)N1c1ccc(Cl)cc1. The quantitative estimate of drug-likeness (QED) is 0.281. The van der Waals surface area contributed by atoms with E-state index in [4.69, 9.17) is 39.5 Å². The number of anilines is 1. The highest BCUT2D eigenvalue weighted by atomic mass is 35.5. The maximum Gasteiger partial charge on any atom is 0.327 e. The number of benzene rings is 3. The van der Waals surface area contributed by atoms with Crippen molar-refractivity contribution >= 4 is 58.3 Å². The van der Waals surface area contributed by atoms with Gasteiger partial charge < -0.3 is 4.74 Å². The average Bonchev–Trinajstić information content (AvgIpc) is 3.22. The maximum atomic E-state index is 13.7. The third-order valence-corrected chi connectivity index (χ3v) is 6.68. The van der Waals surface area contributed by atoms with E-state index in [1.165, 1.54) is 0 Å². The van der Waals surface area contributed by atoms with Gasteiger partial charge in [-0.3, -0.25) is 19.3 Å². The molecule has 5 nitrogen and oxygen atoms in total. The van der Waals surface area contributed by atoms with Gasteiger partial charge >= 0.3 is 5.97 Å². The molecule has 0 N–H and O–H groups in total. The Hall–Kier alpha value is -2.86. The Kier molecular flexibility index (Phi) is 5.01. The zero-order valence-electron chi connectivity index (χ0n) is 16.3. The highest BCUT2D eigenvalue weighted by Crippen LogP contribution is 2.53. The zero-order valence-corrected chi connectivity index (χ0v) is 18.6. The Morgan fingerprint density at radius 3 is 2.06 bits per heavy atom. The van der Waals surface area contributed by atoms with Crippen LogP contribution >= 0.6 is 34.8 Å². The molecule has 0 aliphatic carbocycles. The van der Waals surface area contributed by atoms with Crippen LogP contribution in [0.5, 0.6) is 5.75 Å². The molecule has 0 saturated carbocycles. The summed E-state index contributed by atoms with van der Waals surface area (Å²) in [4.78, 5) is 41.3. The standard InChI is InChI=1S/C24H14Cl3NO4/c25-14-3-1-13(2-4-14)24(18-11-16(27)7-10-20(18)32-23(24)31)19-12-21(29)28(22(19)30)17-8-5-15(26)6-9-17/h1-11,19H,12H2/t19-,24+/m1/s1. The molecule has 3 aromatic carbocycles. The molecule has 160 valence electrons. The van der Waals surface area contributed by atoms with E-state index in [-0.39, 0.29) is 6.42 Å². The van der Waals surface area contributed by atoms with Crippen molar-refractivity contribution in [1.29, 1.82) is 0 Å². The maximum absolute atomic E-state index is 13.7. The molecule has 2 aliphatic rings. The number of ether oxygens (including phenoxy) is 1. The van der Waals surface area contributed by atoms with E-state index in [1.807, 2.05) is 0 Å². The molecule has 32 heavy (non-hydrogen) atoms. The van der Waals surface area contributed by atoms with E-state index in [2.05, 4.69) is 0 Å². The second kappa shape index (κ2) is 7.62. The molecule has 2 atom stereocenters. The molecule has 0 aromatic heterocycles. The Balaban J connectivity index is 1.71. The van der Waals surface area contributed by atoms with Crippen LogP contribution in [-0.2, 0) is 19.8 Å². The Bertz CT molecular complexity index is 1270. The minimum absolute atomic E-state index is 0.175. The summed E-state index contributed by atoms with van der Waals surface area (Å²) in [6, 6.07) is 17.8. The molecule has 0 bridgehead atoms. The number of carbonyl (C=O) groups is 3. The van der Waals surface area contributed by atoms with Gasteiger partial charge in [0.1, 0.15) is 11.2 Å². The second-order valence-corrected chi connectivity index (χ2v) is 8.95. The van der Waals surface area contributed by atoms with Crippen LogP contribution in [0.25, 0.3) is 0 Å². The van der Waals surface area contributed by atoms with Crippen molar-refractivity contribution in [3.63, 3.8) is 0 Å². The van der Waals surface area contributed by atoms with Crippen molar-refractivity contribution in [3.05, 3.63) is 92.9 Å². The summed E-state index contributed by atoms with van der Waals surface area (Å²) >= 11 is 18.3. The van der Waals surface area contributed by atoms with Gasteiger partial charge in [-0.25, -0.2) is 0 Å². The summed E-state index contributed by atoms with van der Waals surface area (Å²) in [5.74, 6) is -2.28. The number of nitrogens with zero attached hydrogens (tertiary/aromatic N) is 1. The lowest BCUT2D eigenvalue weighted by Crippen LogP contribution is -2.46. The van der Waals surface area contributed by atoms with Crippen LogP contribution in [0.1, 0.15) is 17.5 Å². The normalized spacial score (nSPS) is 22.3. The van der Waals surface area contributed by atoms with Crippen molar-refractivity contribution in [1.82, 2.24) is 0 Å². The molecule has 5 rings (SSSR count).